The first kappa shape index (κ1) is 15.2. The lowest BCUT2D eigenvalue weighted by Crippen LogP contribution is -2.12. The summed E-state index contributed by atoms with van der Waals surface area (Å²) in [5.41, 5.74) is 2.92. The number of nitrogens with zero attached hydrogens (tertiary/aromatic N) is 2. The number of aromatic nitrogens is 2. The zero-order chi connectivity index (χ0) is 14.7. The molecule has 1 atom stereocenters. The molecule has 1 aromatic carbocycles. The number of fused-ring (bicyclic) bond motifs is 1. The zero-order valence-electron chi connectivity index (χ0n) is 11.4. The Hall–Kier alpha value is -1.20. The molecule has 20 heavy (non-hydrogen) atoms. The molecule has 3 nitrogen and oxygen atoms in total. The molecule has 0 saturated carbocycles. The molecule has 0 amide bonds. The lowest BCUT2D eigenvalue weighted by Gasteiger charge is -2.11. The molecule has 0 radical (unpaired) electrons. The van der Waals surface area contributed by atoms with Gasteiger partial charge in [-0.15, -0.1) is 11.6 Å². The highest BCUT2D eigenvalue weighted by Crippen LogP contribution is 2.25. The van der Waals surface area contributed by atoms with Gasteiger partial charge in [-0.1, -0.05) is 6.07 Å². The minimum atomic E-state index is -2.44. The highest BCUT2D eigenvalue weighted by molar-refractivity contribution is 6.20. The summed E-state index contributed by atoms with van der Waals surface area (Å²) >= 11 is 6.14. The van der Waals surface area contributed by atoms with Crippen molar-refractivity contribution in [1.29, 1.82) is 0 Å². The van der Waals surface area contributed by atoms with E-state index >= 15 is 0 Å². The van der Waals surface area contributed by atoms with E-state index in [0.717, 1.165) is 22.4 Å². The van der Waals surface area contributed by atoms with E-state index in [9.17, 15) is 8.78 Å². The third-order valence-corrected chi connectivity index (χ3v) is 3.19. The summed E-state index contributed by atoms with van der Waals surface area (Å²) in [5.74, 6) is 0.730. The van der Waals surface area contributed by atoms with Crippen LogP contribution in [0.4, 0.5) is 8.78 Å². The summed E-state index contributed by atoms with van der Waals surface area (Å²) in [7, 11) is 0. The van der Waals surface area contributed by atoms with Crippen LogP contribution in [0, 0.1) is 6.92 Å². The van der Waals surface area contributed by atoms with Gasteiger partial charge in [-0.25, -0.2) is 13.8 Å². The molecule has 0 aliphatic rings. The molecule has 2 aromatic rings. The third-order valence-electron chi connectivity index (χ3n) is 2.99. The third kappa shape index (κ3) is 3.46. The van der Waals surface area contributed by atoms with E-state index in [1.54, 1.807) is 0 Å². The predicted octanol–water partition coefficient (Wildman–Crippen LogP) is 3.93. The van der Waals surface area contributed by atoms with Crippen molar-refractivity contribution in [3.05, 3.63) is 29.6 Å². The van der Waals surface area contributed by atoms with Crippen LogP contribution in [0.2, 0.25) is 0 Å². The fraction of sp³-hybridized carbons (Fsp3) is 0.500. The summed E-state index contributed by atoms with van der Waals surface area (Å²) in [5, 5.41) is -0.252. The maximum atomic E-state index is 12.0. The minimum Gasteiger partial charge on any atom is -0.374 e. The van der Waals surface area contributed by atoms with Crippen molar-refractivity contribution in [2.24, 2.45) is 0 Å². The predicted molar refractivity (Wildman–Crippen MR) is 75.6 cm³/mol. The number of ether oxygens (including phenoxy) is 1. The van der Waals surface area contributed by atoms with Gasteiger partial charge in [0, 0.05) is 6.54 Å². The van der Waals surface area contributed by atoms with Gasteiger partial charge in [-0.05, 0) is 31.5 Å². The number of alkyl halides is 3. The quantitative estimate of drug-likeness (QED) is 0.597. The van der Waals surface area contributed by atoms with E-state index in [0.29, 0.717) is 6.54 Å². The van der Waals surface area contributed by atoms with E-state index in [-0.39, 0.29) is 12.0 Å². The Labute approximate surface area is 121 Å². The van der Waals surface area contributed by atoms with Crippen molar-refractivity contribution in [1.82, 2.24) is 9.55 Å². The van der Waals surface area contributed by atoms with Crippen LogP contribution in [0.1, 0.15) is 23.7 Å². The number of imidazole rings is 1. The largest absolute Gasteiger partial charge is 0.374 e. The average Bonchev–Trinajstić information content (AvgIpc) is 2.72. The molecule has 0 bridgehead atoms. The van der Waals surface area contributed by atoms with E-state index in [2.05, 4.69) is 4.98 Å². The molecule has 1 aromatic heterocycles. The van der Waals surface area contributed by atoms with Crippen molar-refractivity contribution in [2.45, 2.75) is 32.2 Å². The second-order valence-electron chi connectivity index (χ2n) is 4.70. The smallest absolute Gasteiger partial charge is 0.261 e. The van der Waals surface area contributed by atoms with Gasteiger partial charge >= 0.3 is 0 Å². The molecule has 0 aliphatic carbocycles. The molecule has 0 spiro atoms. The second kappa shape index (κ2) is 6.50. The molecule has 0 aliphatic heterocycles. The molecule has 2 rings (SSSR count). The van der Waals surface area contributed by atoms with Crippen molar-refractivity contribution in [3.8, 4) is 0 Å². The van der Waals surface area contributed by atoms with Gasteiger partial charge in [0.05, 0.1) is 23.0 Å². The van der Waals surface area contributed by atoms with E-state index in [4.69, 9.17) is 16.3 Å². The van der Waals surface area contributed by atoms with Crippen molar-refractivity contribution in [2.75, 3.05) is 13.2 Å². The maximum Gasteiger partial charge on any atom is 0.261 e. The van der Waals surface area contributed by atoms with E-state index in [1.807, 2.05) is 36.6 Å². The normalized spacial score (nSPS) is 13.3. The SMILES string of the molecule is Cc1ccc2c(c1)nc(C(C)Cl)n2CCOCC(F)F. The molecule has 1 heterocycles. The number of benzene rings is 1. The topological polar surface area (TPSA) is 27.1 Å². The van der Waals surface area contributed by atoms with E-state index in [1.165, 1.54) is 0 Å². The Morgan fingerprint density at radius 3 is 2.80 bits per heavy atom. The molecule has 110 valence electrons. The van der Waals surface area contributed by atoms with Gasteiger partial charge < -0.3 is 9.30 Å². The first-order chi connectivity index (χ1) is 9.49. The van der Waals surface area contributed by atoms with Crippen LogP contribution < -0.4 is 0 Å². The van der Waals surface area contributed by atoms with Gasteiger partial charge in [0.2, 0.25) is 0 Å². The number of aryl methyl sites for hydroxylation is 1. The molecule has 1 unspecified atom stereocenters. The first-order valence-electron chi connectivity index (χ1n) is 6.45. The molecular weight excluding hydrogens is 286 g/mol. The lowest BCUT2D eigenvalue weighted by atomic mass is 10.2. The molecular formula is C14H17ClF2N2O. The summed E-state index contributed by atoms with van der Waals surface area (Å²) < 4.78 is 30.9. The van der Waals surface area contributed by atoms with Crippen LogP contribution in [0.5, 0.6) is 0 Å². The van der Waals surface area contributed by atoms with Crippen LogP contribution in [-0.2, 0) is 11.3 Å². The summed E-state index contributed by atoms with van der Waals surface area (Å²) in [6.45, 7) is 3.95. The number of hydrogen-bond acceptors (Lipinski definition) is 2. The highest BCUT2D eigenvalue weighted by atomic mass is 35.5. The minimum absolute atomic E-state index is 0.209. The highest BCUT2D eigenvalue weighted by Gasteiger charge is 2.15. The summed E-state index contributed by atoms with van der Waals surface area (Å²) in [6, 6.07) is 5.94. The monoisotopic (exact) mass is 302 g/mol. The Bertz CT molecular complexity index is 584. The van der Waals surface area contributed by atoms with E-state index < -0.39 is 13.0 Å². The van der Waals surface area contributed by atoms with Gasteiger partial charge in [0.1, 0.15) is 12.4 Å². The molecule has 0 N–H and O–H groups in total. The van der Waals surface area contributed by atoms with Gasteiger partial charge in [-0.2, -0.15) is 0 Å². The van der Waals surface area contributed by atoms with Crippen LogP contribution >= 0.6 is 11.6 Å². The van der Waals surface area contributed by atoms with Crippen molar-refractivity contribution in [3.63, 3.8) is 0 Å². The van der Waals surface area contributed by atoms with Crippen LogP contribution in [0.3, 0.4) is 0 Å². The van der Waals surface area contributed by atoms with Gasteiger partial charge in [0.25, 0.3) is 6.43 Å². The summed E-state index contributed by atoms with van der Waals surface area (Å²) in [6.07, 6.45) is -2.44. The van der Waals surface area contributed by atoms with Gasteiger partial charge in [0.15, 0.2) is 0 Å². The zero-order valence-corrected chi connectivity index (χ0v) is 12.2. The van der Waals surface area contributed by atoms with Crippen LogP contribution in [0.15, 0.2) is 18.2 Å². The fourth-order valence-corrected chi connectivity index (χ4v) is 2.29. The van der Waals surface area contributed by atoms with Crippen molar-refractivity contribution >= 4 is 22.6 Å². The second-order valence-corrected chi connectivity index (χ2v) is 5.35. The van der Waals surface area contributed by atoms with Crippen molar-refractivity contribution < 1.29 is 13.5 Å². The van der Waals surface area contributed by atoms with Crippen LogP contribution in [-0.4, -0.2) is 29.2 Å². The Kier molecular flexibility index (Phi) is 4.94. The first-order valence-corrected chi connectivity index (χ1v) is 6.89. The molecule has 6 heteroatoms. The lowest BCUT2D eigenvalue weighted by molar-refractivity contribution is 0.0148. The van der Waals surface area contributed by atoms with Gasteiger partial charge in [-0.3, -0.25) is 0 Å². The average molecular weight is 303 g/mol. The maximum absolute atomic E-state index is 12.0. The summed E-state index contributed by atoms with van der Waals surface area (Å²) in [4.78, 5) is 4.51. The molecule has 0 saturated heterocycles. The Morgan fingerprint density at radius 1 is 1.40 bits per heavy atom. The van der Waals surface area contributed by atoms with Crippen LogP contribution in [0.25, 0.3) is 11.0 Å². The Balaban J connectivity index is 2.22. The number of rotatable bonds is 6. The number of halogens is 3. The standard InChI is InChI=1S/C14H17ClF2N2O/c1-9-3-4-12-11(7-9)18-14(10(2)15)19(12)5-6-20-8-13(16)17/h3-4,7,10,13H,5-6,8H2,1-2H3. The molecule has 0 fully saturated rings. The number of hydrogen-bond donors (Lipinski definition) is 0. The fourth-order valence-electron chi connectivity index (χ4n) is 2.13. The Morgan fingerprint density at radius 2 is 2.15 bits per heavy atom.